The second-order valence-corrected chi connectivity index (χ2v) is 4.16. The summed E-state index contributed by atoms with van der Waals surface area (Å²) in [5.74, 6) is 0. The van der Waals surface area contributed by atoms with E-state index < -0.39 is 6.10 Å². The lowest BCUT2D eigenvalue weighted by Crippen LogP contribution is -2.32. The first-order valence-electron chi connectivity index (χ1n) is 5.54. The van der Waals surface area contributed by atoms with Crippen LogP contribution in [0.25, 0.3) is 0 Å². The normalized spacial score (nSPS) is 12.6. The molecule has 0 aromatic heterocycles. The van der Waals surface area contributed by atoms with Crippen molar-refractivity contribution in [3.8, 4) is 0 Å². The Morgan fingerprint density at radius 1 is 1.29 bits per heavy atom. The van der Waals surface area contributed by atoms with Gasteiger partial charge in [-0.05, 0) is 17.7 Å². The molecular weight excluding hydrogens is 242 g/mol. The summed E-state index contributed by atoms with van der Waals surface area (Å²) < 4.78 is 5.36. The van der Waals surface area contributed by atoms with E-state index in [-0.39, 0.29) is 13.2 Å². The van der Waals surface area contributed by atoms with Gasteiger partial charge in [-0.1, -0.05) is 23.7 Å². The van der Waals surface area contributed by atoms with Crippen molar-refractivity contribution in [2.24, 2.45) is 0 Å². The summed E-state index contributed by atoms with van der Waals surface area (Å²) >= 11 is 5.76. The minimum Gasteiger partial charge on any atom is -0.395 e. The summed E-state index contributed by atoms with van der Waals surface area (Å²) in [4.78, 5) is 0. The molecule has 5 heteroatoms. The molecule has 1 unspecified atom stereocenters. The Morgan fingerprint density at radius 3 is 2.65 bits per heavy atom. The van der Waals surface area contributed by atoms with Gasteiger partial charge in [-0.15, -0.1) is 0 Å². The minimum absolute atomic E-state index is 0.0678. The number of hydrogen-bond donors (Lipinski definition) is 3. The van der Waals surface area contributed by atoms with Crippen LogP contribution >= 0.6 is 11.6 Å². The number of nitrogens with one attached hydrogen (secondary N) is 1. The molecule has 0 aliphatic carbocycles. The van der Waals surface area contributed by atoms with Crippen LogP contribution < -0.4 is 5.32 Å². The summed E-state index contributed by atoms with van der Waals surface area (Å²) in [6.45, 7) is 1.68. The van der Waals surface area contributed by atoms with Gasteiger partial charge in [0.25, 0.3) is 0 Å². The summed E-state index contributed by atoms with van der Waals surface area (Å²) in [7, 11) is 0. The number of halogens is 1. The zero-order valence-corrected chi connectivity index (χ0v) is 10.4. The van der Waals surface area contributed by atoms with Crippen LogP contribution in [0.1, 0.15) is 5.56 Å². The Kier molecular flexibility index (Phi) is 7.16. The molecule has 1 aromatic rings. The molecule has 0 saturated heterocycles. The zero-order chi connectivity index (χ0) is 12.5. The fourth-order valence-electron chi connectivity index (χ4n) is 1.30. The number of rotatable bonds is 8. The summed E-state index contributed by atoms with van der Waals surface area (Å²) in [6.07, 6.45) is -0.561. The van der Waals surface area contributed by atoms with E-state index in [0.717, 1.165) is 5.56 Å². The van der Waals surface area contributed by atoms with Crippen LogP contribution in [0.2, 0.25) is 5.02 Å². The van der Waals surface area contributed by atoms with Crippen LogP contribution in [0.5, 0.6) is 0 Å². The highest BCUT2D eigenvalue weighted by Crippen LogP contribution is 2.10. The molecule has 0 aliphatic heterocycles. The van der Waals surface area contributed by atoms with Gasteiger partial charge >= 0.3 is 0 Å². The topological polar surface area (TPSA) is 61.7 Å². The van der Waals surface area contributed by atoms with Crippen molar-refractivity contribution in [2.45, 2.75) is 12.7 Å². The summed E-state index contributed by atoms with van der Waals surface area (Å²) in [5.41, 5.74) is 1.02. The first-order chi connectivity index (χ1) is 8.22. The minimum atomic E-state index is -0.561. The van der Waals surface area contributed by atoms with Gasteiger partial charge < -0.3 is 20.3 Å². The van der Waals surface area contributed by atoms with Crippen LogP contribution in [-0.4, -0.2) is 42.6 Å². The highest BCUT2D eigenvalue weighted by atomic mass is 35.5. The first-order valence-corrected chi connectivity index (χ1v) is 5.92. The molecule has 0 fully saturated rings. The van der Waals surface area contributed by atoms with Gasteiger partial charge in [-0.2, -0.15) is 0 Å². The van der Waals surface area contributed by atoms with Gasteiger partial charge in [0.2, 0.25) is 0 Å². The average molecular weight is 260 g/mol. The van der Waals surface area contributed by atoms with E-state index in [4.69, 9.17) is 21.4 Å². The molecule has 1 rings (SSSR count). The van der Waals surface area contributed by atoms with Gasteiger partial charge in [0.15, 0.2) is 0 Å². The molecule has 0 aliphatic rings. The Morgan fingerprint density at radius 2 is 2.00 bits per heavy atom. The van der Waals surface area contributed by atoms with Gasteiger partial charge in [-0.3, -0.25) is 0 Å². The molecule has 0 saturated carbocycles. The van der Waals surface area contributed by atoms with Crippen molar-refractivity contribution in [2.75, 3.05) is 26.3 Å². The second kappa shape index (κ2) is 8.44. The lowest BCUT2D eigenvalue weighted by atomic mass is 10.2. The molecular formula is C12H18ClNO3. The van der Waals surface area contributed by atoms with Crippen molar-refractivity contribution >= 4 is 11.6 Å². The quantitative estimate of drug-likeness (QED) is 0.605. The number of aliphatic hydroxyl groups excluding tert-OH is 2. The predicted octanol–water partition coefficient (Wildman–Crippen LogP) is 0.799. The number of hydrogen-bond acceptors (Lipinski definition) is 4. The second-order valence-electron chi connectivity index (χ2n) is 3.72. The fourth-order valence-corrected chi connectivity index (χ4v) is 1.43. The number of benzene rings is 1. The number of aliphatic hydroxyl groups is 2. The van der Waals surface area contributed by atoms with Gasteiger partial charge in [0.05, 0.1) is 25.9 Å². The van der Waals surface area contributed by atoms with Gasteiger partial charge in [-0.25, -0.2) is 0 Å². The molecule has 0 spiro atoms. The molecule has 3 N–H and O–H groups in total. The smallest absolute Gasteiger partial charge is 0.0897 e. The Balaban J connectivity index is 2.12. The maximum Gasteiger partial charge on any atom is 0.0897 e. The van der Waals surface area contributed by atoms with E-state index in [1.165, 1.54) is 0 Å². The molecule has 1 atom stereocenters. The van der Waals surface area contributed by atoms with Crippen LogP contribution in [0.4, 0.5) is 0 Å². The Labute approximate surface area is 106 Å². The largest absolute Gasteiger partial charge is 0.395 e. The van der Waals surface area contributed by atoms with E-state index in [2.05, 4.69) is 5.32 Å². The van der Waals surface area contributed by atoms with Crippen LogP contribution in [0, 0.1) is 0 Å². The van der Waals surface area contributed by atoms with Crippen molar-refractivity contribution in [3.05, 3.63) is 34.9 Å². The Bertz CT molecular complexity index is 305. The summed E-state index contributed by atoms with van der Waals surface area (Å²) in [6, 6.07) is 7.39. The lowest BCUT2D eigenvalue weighted by Gasteiger charge is -2.11. The fraction of sp³-hybridized carbons (Fsp3) is 0.500. The van der Waals surface area contributed by atoms with Gasteiger partial charge in [0, 0.05) is 18.1 Å². The average Bonchev–Trinajstić information content (AvgIpc) is 2.32. The summed E-state index contributed by atoms with van der Waals surface area (Å²) in [5, 5.41) is 21.6. The first kappa shape index (κ1) is 14.4. The molecule has 0 bridgehead atoms. The standard InChI is InChI=1S/C12H18ClNO3/c13-11-3-1-10(2-4-11)8-17-9-12(16)7-14-5-6-15/h1-4,12,14-16H,5-9H2. The third-order valence-corrected chi connectivity index (χ3v) is 2.41. The Hall–Kier alpha value is -0.650. The van der Waals surface area contributed by atoms with Crippen molar-refractivity contribution < 1.29 is 14.9 Å². The van der Waals surface area contributed by atoms with E-state index in [0.29, 0.717) is 24.7 Å². The number of ether oxygens (including phenoxy) is 1. The zero-order valence-electron chi connectivity index (χ0n) is 9.60. The molecule has 96 valence electrons. The third kappa shape index (κ3) is 6.61. The molecule has 17 heavy (non-hydrogen) atoms. The monoisotopic (exact) mass is 259 g/mol. The third-order valence-electron chi connectivity index (χ3n) is 2.16. The molecule has 1 aromatic carbocycles. The SMILES string of the molecule is OCCNCC(O)COCc1ccc(Cl)cc1. The maximum atomic E-state index is 9.51. The van der Waals surface area contributed by atoms with E-state index in [1.807, 2.05) is 12.1 Å². The van der Waals surface area contributed by atoms with Crippen LogP contribution in [-0.2, 0) is 11.3 Å². The van der Waals surface area contributed by atoms with E-state index >= 15 is 0 Å². The van der Waals surface area contributed by atoms with Crippen molar-refractivity contribution in [1.29, 1.82) is 0 Å². The molecule has 0 radical (unpaired) electrons. The van der Waals surface area contributed by atoms with Gasteiger partial charge in [0.1, 0.15) is 0 Å². The van der Waals surface area contributed by atoms with Crippen LogP contribution in [0.3, 0.4) is 0 Å². The highest BCUT2D eigenvalue weighted by molar-refractivity contribution is 6.30. The van der Waals surface area contributed by atoms with E-state index in [9.17, 15) is 5.11 Å². The molecule has 0 heterocycles. The van der Waals surface area contributed by atoms with Crippen LogP contribution in [0.15, 0.2) is 24.3 Å². The van der Waals surface area contributed by atoms with E-state index in [1.54, 1.807) is 12.1 Å². The lowest BCUT2D eigenvalue weighted by molar-refractivity contribution is 0.0285. The van der Waals surface area contributed by atoms with Crippen molar-refractivity contribution in [3.63, 3.8) is 0 Å². The maximum absolute atomic E-state index is 9.51. The molecule has 4 nitrogen and oxygen atoms in total. The van der Waals surface area contributed by atoms with Crippen molar-refractivity contribution in [1.82, 2.24) is 5.32 Å². The molecule has 0 amide bonds. The predicted molar refractivity (Wildman–Crippen MR) is 67.1 cm³/mol. The highest BCUT2D eigenvalue weighted by Gasteiger charge is 2.03.